The lowest BCUT2D eigenvalue weighted by atomic mass is 9.85. The Hall–Kier alpha value is -2.85. The maximum absolute atomic E-state index is 12.7. The number of nitrogens with two attached hydrogens (primary N) is 1. The molecule has 0 spiro atoms. The van der Waals surface area contributed by atoms with Gasteiger partial charge < -0.3 is 10.5 Å². The maximum Gasteiger partial charge on any atom is 0.233 e. The number of Topliss-reactive ketones (excluding diaryl/α,β-unsaturated/α-hetero) is 1. The first-order valence-electron chi connectivity index (χ1n) is 9.37. The van der Waals surface area contributed by atoms with Gasteiger partial charge in [-0.05, 0) is 43.9 Å². The molecule has 1 aliphatic heterocycles. The molecule has 0 fully saturated rings. The molecule has 2 aromatic rings. The van der Waals surface area contributed by atoms with E-state index in [1.165, 1.54) is 12.4 Å². The summed E-state index contributed by atoms with van der Waals surface area (Å²) in [6, 6.07) is 6.07. The van der Waals surface area contributed by atoms with E-state index in [0.717, 1.165) is 28.9 Å². The first-order valence-corrected chi connectivity index (χ1v) is 10.4. The predicted molar refractivity (Wildman–Crippen MR) is 116 cm³/mol. The van der Waals surface area contributed by atoms with Gasteiger partial charge in [-0.25, -0.2) is 9.97 Å². The van der Waals surface area contributed by atoms with Crippen LogP contribution < -0.4 is 10.5 Å². The first-order chi connectivity index (χ1) is 13.9. The number of aryl methyl sites for hydroxylation is 1. The number of ether oxygens (including phenoxy) is 1. The van der Waals surface area contributed by atoms with Crippen molar-refractivity contribution < 1.29 is 9.53 Å². The van der Waals surface area contributed by atoms with Crippen LogP contribution >= 0.6 is 11.8 Å². The summed E-state index contributed by atoms with van der Waals surface area (Å²) in [6.45, 7) is 6.14. The van der Waals surface area contributed by atoms with Crippen LogP contribution in [0, 0.1) is 18.8 Å². The third kappa shape index (κ3) is 5.15. The van der Waals surface area contributed by atoms with Gasteiger partial charge in [-0.1, -0.05) is 35.9 Å². The molecule has 150 valence electrons. The van der Waals surface area contributed by atoms with Crippen LogP contribution in [0.25, 0.3) is 0 Å². The van der Waals surface area contributed by atoms with E-state index in [4.69, 9.17) is 15.5 Å². The Morgan fingerprint density at radius 2 is 2.17 bits per heavy atom. The zero-order valence-corrected chi connectivity index (χ0v) is 17.7. The minimum absolute atomic E-state index is 0.0976. The second-order valence-electron chi connectivity index (χ2n) is 7.03. The third-order valence-electron chi connectivity index (χ3n) is 4.83. The monoisotopic (exact) mass is 408 g/mol. The van der Waals surface area contributed by atoms with Crippen molar-refractivity contribution in [2.75, 3.05) is 12.4 Å². The van der Waals surface area contributed by atoms with E-state index in [0.29, 0.717) is 16.7 Å². The van der Waals surface area contributed by atoms with Gasteiger partial charge in [-0.3, -0.25) is 9.79 Å². The summed E-state index contributed by atoms with van der Waals surface area (Å²) in [5.41, 5.74) is 9.09. The molecule has 2 N–H and O–H groups in total. The van der Waals surface area contributed by atoms with Gasteiger partial charge in [0.1, 0.15) is 5.69 Å². The van der Waals surface area contributed by atoms with Crippen molar-refractivity contribution in [2.24, 2.45) is 10.7 Å². The van der Waals surface area contributed by atoms with E-state index < -0.39 is 0 Å². The van der Waals surface area contributed by atoms with Crippen LogP contribution in [0.1, 0.15) is 47.4 Å². The zero-order valence-electron chi connectivity index (χ0n) is 16.9. The van der Waals surface area contributed by atoms with E-state index in [1.54, 1.807) is 18.7 Å². The second-order valence-corrected chi connectivity index (χ2v) is 8.14. The van der Waals surface area contributed by atoms with Crippen molar-refractivity contribution in [1.29, 1.82) is 0 Å². The fourth-order valence-electron chi connectivity index (χ4n) is 3.23. The number of amidine groups is 1. The lowest BCUT2D eigenvalue weighted by molar-refractivity contribution is 0.0987. The normalized spacial score (nSPS) is 18.4. The summed E-state index contributed by atoms with van der Waals surface area (Å²) in [4.78, 5) is 25.7. The van der Waals surface area contributed by atoms with Crippen LogP contribution in [0.2, 0.25) is 0 Å². The molecule has 3 rings (SSSR count). The van der Waals surface area contributed by atoms with Crippen molar-refractivity contribution in [1.82, 2.24) is 9.97 Å². The highest BCUT2D eigenvalue weighted by molar-refractivity contribution is 8.13. The SMILES string of the molecule is CC#CCOc1cnc(C(=O)Cc2ccc(C)c(C3(C)CCSC(N)=N3)c2)cn1. The fourth-order valence-corrected chi connectivity index (χ4v) is 4.21. The molecule has 29 heavy (non-hydrogen) atoms. The van der Waals surface area contributed by atoms with E-state index in [9.17, 15) is 4.79 Å². The molecular formula is C22H24N4O2S. The molecule has 1 unspecified atom stereocenters. The number of hydrogen-bond acceptors (Lipinski definition) is 7. The van der Waals surface area contributed by atoms with Gasteiger partial charge in [0.25, 0.3) is 0 Å². The Morgan fingerprint density at radius 1 is 1.34 bits per heavy atom. The van der Waals surface area contributed by atoms with Crippen molar-refractivity contribution in [2.45, 2.75) is 39.2 Å². The molecule has 1 aromatic carbocycles. The number of aliphatic imine (C=N–C) groups is 1. The van der Waals surface area contributed by atoms with Crippen LogP contribution in [0.5, 0.6) is 5.88 Å². The number of aromatic nitrogens is 2. The lowest BCUT2D eigenvalue weighted by Gasteiger charge is -2.31. The van der Waals surface area contributed by atoms with Crippen LogP contribution in [0.15, 0.2) is 35.6 Å². The second kappa shape index (κ2) is 9.10. The molecule has 0 radical (unpaired) electrons. The molecule has 2 heterocycles. The predicted octanol–water partition coefficient (Wildman–Crippen LogP) is 3.28. The van der Waals surface area contributed by atoms with Crippen LogP contribution in [0.4, 0.5) is 0 Å². The van der Waals surface area contributed by atoms with Gasteiger partial charge in [0, 0.05) is 12.2 Å². The van der Waals surface area contributed by atoms with E-state index in [1.807, 2.05) is 12.1 Å². The van der Waals surface area contributed by atoms with Crippen LogP contribution in [0.3, 0.4) is 0 Å². The van der Waals surface area contributed by atoms with Gasteiger partial charge in [0.15, 0.2) is 17.6 Å². The Labute approximate surface area is 175 Å². The van der Waals surface area contributed by atoms with E-state index in [-0.39, 0.29) is 24.3 Å². The van der Waals surface area contributed by atoms with Gasteiger partial charge >= 0.3 is 0 Å². The molecule has 0 saturated carbocycles. The van der Waals surface area contributed by atoms with Gasteiger partial charge in [0.05, 0.1) is 17.9 Å². The van der Waals surface area contributed by atoms with Crippen LogP contribution in [-0.2, 0) is 12.0 Å². The minimum Gasteiger partial charge on any atom is -0.463 e. The maximum atomic E-state index is 12.7. The highest BCUT2D eigenvalue weighted by Crippen LogP contribution is 2.37. The summed E-state index contributed by atoms with van der Waals surface area (Å²) in [7, 11) is 0. The Bertz CT molecular complexity index is 992. The molecule has 0 aliphatic carbocycles. The van der Waals surface area contributed by atoms with Crippen molar-refractivity contribution in [3.05, 3.63) is 53.0 Å². The molecule has 0 amide bonds. The third-order valence-corrected chi connectivity index (χ3v) is 5.62. The van der Waals surface area contributed by atoms with E-state index >= 15 is 0 Å². The number of benzene rings is 1. The average Bonchev–Trinajstić information content (AvgIpc) is 2.70. The number of hydrogen-bond donors (Lipinski definition) is 1. The fraction of sp³-hybridized carbons (Fsp3) is 0.364. The first kappa shape index (κ1) is 20.9. The van der Waals surface area contributed by atoms with Crippen molar-refractivity contribution in [3.63, 3.8) is 0 Å². The number of carbonyl (C=O) groups is 1. The molecule has 7 heteroatoms. The standard InChI is InChI=1S/C22H24N4O2S/c1-4-5-9-28-20-14-24-18(13-25-20)19(27)12-16-7-6-15(2)17(11-16)22(3)8-10-29-21(23)26-22/h6-7,11,13-14H,8-10,12H2,1-3H3,(H2,23,26). The van der Waals surface area contributed by atoms with E-state index in [2.05, 4.69) is 41.7 Å². The summed E-state index contributed by atoms with van der Waals surface area (Å²) in [5, 5.41) is 0.613. The Kier molecular flexibility index (Phi) is 6.55. The molecular weight excluding hydrogens is 384 g/mol. The highest BCUT2D eigenvalue weighted by Gasteiger charge is 2.31. The lowest BCUT2D eigenvalue weighted by Crippen LogP contribution is -2.29. The van der Waals surface area contributed by atoms with Crippen molar-refractivity contribution >= 4 is 22.7 Å². The molecule has 1 aromatic heterocycles. The quantitative estimate of drug-likeness (QED) is 0.583. The highest BCUT2D eigenvalue weighted by atomic mass is 32.2. The summed E-state index contributed by atoms with van der Waals surface area (Å²) >= 11 is 1.58. The topological polar surface area (TPSA) is 90.5 Å². The number of ketones is 1. The molecule has 0 bridgehead atoms. The summed E-state index contributed by atoms with van der Waals surface area (Å²) in [6.07, 6.45) is 4.04. The smallest absolute Gasteiger partial charge is 0.233 e. The Balaban J connectivity index is 1.75. The minimum atomic E-state index is -0.362. The largest absolute Gasteiger partial charge is 0.463 e. The molecule has 0 saturated heterocycles. The number of carbonyl (C=O) groups excluding carboxylic acids is 1. The number of nitrogens with zero attached hydrogens (tertiary/aromatic N) is 3. The number of thioether (sulfide) groups is 1. The summed E-state index contributed by atoms with van der Waals surface area (Å²) in [5.74, 6) is 6.71. The molecule has 6 nitrogen and oxygen atoms in total. The number of rotatable bonds is 6. The zero-order chi connectivity index (χ0) is 20.9. The Morgan fingerprint density at radius 3 is 2.86 bits per heavy atom. The molecule has 1 aliphatic rings. The van der Waals surface area contributed by atoms with Crippen molar-refractivity contribution in [3.8, 4) is 17.7 Å². The average molecular weight is 409 g/mol. The van der Waals surface area contributed by atoms with Crippen LogP contribution in [-0.4, -0.2) is 33.3 Å². The molecule has 1 atom stereocenters. The summed E-state index contributed by atoms with van der Waals surface area (Å²) < 4.78 is 5.33. The van der Waals surface area contributed by atoms with Gasteiger partial charge in [-0.15, -0.1) is 5.92 Å². The van der Waals surface area contributed by atoms with Gasteiger partial charge in [-0.2, -0.15) is 0 Å². The van der Waals surface area contributed by atoms with Gasteiger partial charge in [0.2, 0.25) is 5.88 Å².